The molecule has 8 heteroatoms. The highest BCUT2D eigenvalue weighted by atomic mass is 79.9. The predicted octanol–water partition coefficient (Wildman–Crippen LogP) is 4.48. The van der Waals surface area contributed by atoms with Crippen LogP contribution in [0.1, 0.15) is 59.6 Å². The van der Waals surface area contributed by atoms with Crippen molar-refractivity contribution in [2.75, 3.05) is 6.54 Å². The Hall–Kier alpha value is -1.35. The highest BCUT2D eigenvalue weighted by Gasteiger charge is 2.52. The molecule has 6 nitrogen and oxygen atoms in total. The standard InChI is InChI=1S/C21H31BBrNO5/c1-19(2,3)27-18(26)24-12-16(22-28-20(4,5)21(6,7)29-22)11-14-8-9-17(23)15(10-14)13-25/h8-11,25H,12-13H2,1-7H3,(H,24,26). The average molecular weight is 468 g/mol. The van der Waals surface area contributed by atoms with Gasteiger partial charge in [0.15, 0.2) is 0 Å². The predicted molar refractivity (Wildman–Crippen MR) is 118 cm³/mol. The Morgan fingerprint density at radius 3 is 2.34 bits per heavy atom. The average Bonchev–Trinajstić information content (AvgIpc) is 2.79. The molecule has 0 unspecified atom stereocenters. The van der Waals surface area contributed by atoms with Crippen molar-refractivity contribution in [3.05, 3.63) is 39.3 Å². The van der Waals surface area contributed by atoms with E-state index in [1.165, 1.54) is 0 Å². The second kappa shape index (κ2) is 8.80. The molecular formula is C21H31BBrNO5. The van der Waals surface area contributed by atoms with Gasteiger partial charge in [-0.25, -0.2) is 4.79 Å². The van der Waals surface area contributed by atoms with Crippen molar-refractivity contribution >= 4 is 35.2 Å². The van der Waals surface area contributed by atoms with Crippen molar-refractivity contribution in [2.45, 2.75) is 71.9 Å². The van der Waals surface area contributed by atoms with Gasteiger partial charge in [-0.1, -0.05) is 28.1 Å². The lowest BCUT2D eigenvalue weighted by atomic mass is 9.77. The summed E-state index contributed by atoms with van der Waals surface area (Å²) >= 11 is 3.43. The van der Waals surface area contributed by atoms with Gasteiger partial charge in [0, 0.05) is 11.0 Å². The van der Waals surface area contributed by atoms with Crippen molar-refractivity contribution in [1.29, 1.82) is 0 Å². The lowest BCUT2D eigenvalue weighted by Gasteiger charge is -2.32. The zero-order chi connectivity index (χ0) is 22.0. The molecule has 0 saturated carbocycles. The van der Waals surface area contributed by atoms with E-state index in [1.807, 2.05) is 72.7 Å². The van der Waals surface area contributed by atoms with E-state index < -0.39 is 30.0 Å². The molecular weight excluding hydrogens is 437 g/mol. The van der Waals surface area contributed by atoms with Crippen LogP contribution < -0.4 is 5.32 Å². The van der Waals surface area contributed by atoms with Gasteiger partial charge in [-0.3, -0.25) is 0 Å². The van der Waals surface area contributed by atoms with Gasteiger partial charge in [-0.15, -0.1) is 0 Å². The van der Waals surface area contributed by atoms with Crippen LogP contribution in [-0.2, 0) is 20.7 Å². The molecule has 1 aromatic carbocycles. The SMILES string of the molecule is CC(C)(C)OC(=O)NCC(=Cc1ccc(Br)c(CO)c1)B1OC(C)(C)C(C)(C)O1. The van der Waals surface area contributed by atoms with Crippen LogP contribution in [-0.4, -0.2) is 41.7 Å². The van der Waals surface area contributed by atoms with Crippen LogP contribution in [0.3, 0.4) is 0 Å². The number of hydrogen-bond donors (Lipinski definition) is 2. The Kier molecular flexibility index (Phi) is 7.26. The van der Waals surface area contributed by atoms with E-state index in [2.05, 4.69) is 21.2 Å². The summed E-state index contributed by atoms with van der Waals surface area (Å²) in [7, 11) is -0.615. The minimum absolute atomic E-state index is 0.0791. The number of ether oxygens (including phenoxy) is 1. The summed E-state index contributed by atoms with van der Waals surface area (Å²) in [6.07, 6.45) is 1.40. The van der Waals surface area contributed by atoms with Gasteiger partial charge in [0.05, 0.1) is 17.8 Å². The number of carbonyl (C=O) groups is 1. The van der Waals surface area contributed by atoms with Crippen LogP contribution in [0.2, 0.25) is 0 Å². The molecule has 1 aliphatic rings. The first-order valence-electron chi connectivity index (χ1n) is 9.66. The molecule has 160 valence electrons. The fourth-order valence-electron chi connectivity index (χ4n) is 2.70. The van der Waals surface area contributed by atoms with Gasteiger partial charge < -0.3 is 24.5 Å². The van der Waals surface area contributed by atoms with E-state index in [0.717, 1.165) is 21.1 Å². The molecule has 0 atom stereocenters. The summed E-state index contributed by atoms with van der Waals surface area (Å²) in [5.41, 5.74) is 0.804. The summed E-state index contributed by atoms with van der Waals surface area (Å²) in [6.45, 7) is 13.5. The lowest BCUT2D eigenvalue weighted by Crippen LogP contribution is -2.41. The number of aliphatic hydroxyl groups is 1. The summed E-state index contributed by atoms with van der Waals surface area (Å²) in [5, 5.41) is 12.3. The number of benzene rings is 1. The normalized spacial score (nSPS) is 18.7. The quantitative estimate of drug-likeness (QED) is 0.624. The number of carbonyl (C=O) groups excluding carboxylic acids is 1. The van der Waals surface area contributed by atoms with Crippen molar-refractivity contribution in [3.8, 4) is 0 Å². The largest absolute Gasteiger partial charge is 0.492 e. The lowest BCUT2D eigenvalue weighted by molar-refractivity contribution is 0.00578. The molecule has 2 N–H and O–H groups in total. The molecule has 1 aliphatic heterocycles. The summed E-state index contributed by atoms with van der Waals surface area (Å²) in [4.78, 5) is 12.1. The molecule has 1 heterocycles. The van der Waals surface area contributed by atoms with E-state index in [0.29, 0.717) is 0 Å². The number of amides is 1. The zero-order valence-electron chi connectivity index (χ0n) is 18.3. The first kappa shape index (κ1) is 23.9. The maximum Gasteiger partial charge on any atom is 0.492 e. The van der Waals surface area contributed by atoms with Crippen LogP contribution in [0.25, 0.3) is 6.08 Å². The Labute approximate surface area is 182 Å². The number of halogens is 1. The Balaban J connectivity index is 2.30. The molecule has 1 aromatic rings. The topological polar surface area (TPSA) is 77.0 Å². The third kappa shape index (κ3) is 6.31. The van der Waals surface area contributed by atoms with E-state index in [-0.39, 0.29) is 13.2 Å². The van der Waals surface area contributed by atoms with Crippen LogP contribution >= 0.6 is 15.9 Å². The third-order valence-electron chi connectivity index (χ3n) is 4.98. The van der Waals surface area contributed by atoms with Crippen molar-refractivity contribution in [2.24, 2.45) is 0 Å². The molecule has 0 aliphatic carbocycles. The maximum absolute atomic E-state index is 12.1. The van der Waals surface area contributed by atoms with Gasteiger partial charge in [-0.2, -0.15) is 0 Å². The highest BCUT2D eigenvalue weighted by Crippen LogP contribution is 2.38. The zero-order valence-corrected chi connectivity index (χ0v) is 19.8. The first-order valence-corrected chi connectivity index (χ1v) is 10.5. The third-order valence-corrected chi connectivity index (χ3v) is 5.76. The van der Waals surface area contributed by atoms with Crippen LogP contribution in [0.5, 0.6) is 0 Å². The summed E-state index contributed by atoms with van der Waals surface area (Å²) in [5.74, 6) is 0. The van der Waals surface area contributed by atoms with Gasteiger partial charge in [-0.05, 0) is 77.2 Å². The fraction of sp³-hybridized carbons (Fsp3) is 0.571. The summed E-state index contributed by atoms with van der Waals surface area (Å²) in [6, 6.07) is 5.67. The number of rotatable bonds is 5. The molecule has 0 aromatic heterocycles. The Morgan fingerprint density at radius 1 is 1.24 bits per heavy atom. The van der Waals surface area contributed by atoms with Gasteiger partial charge in [0.1, 0.15) is 5.60 Å². The molecule has 2 rings (SSSR count). The van der Waals surface area contributed by atoms with E-state index in [1.54, 1.807) is 0 Å². The second-order valence-corrected chi connectivity index (χ2v) is 10.0. The number of aliphatic hydroxyl groups excluding tert-OH is 1. The van der Waals surface area contributed by atoms with Gasteiger partial charge >= 0.3 is 13.2 Å². The van der Waals surface area contributed by atoms with Crippen molar-refractivity contribution in [1.82, 2.24) is 5.32 Å². The minimum Gasteiger partial charge on any atom is -0.444 e. The number of nitrogens with one attached hydrogen (secondary N) is 1. The van der Waals surface area contributed by atoms with Crippen molar-refractivity contribution < 1.29 is 23.9 Å². The van der Waals surface area contributed by atoms with E-state index in [9.17, 15) is 9.90 Å². The monoisotopic (exact) mass is 467 g/mol. The second-order valence-electron chi connectivity index (χ2n) is 9.17. The first-order chi connectivity index (χ1) is 13.2. The smallest absolute Gasteiger partial charge is 0.444 e. The molecule has 0 radical (unpaired) electrons. The highest BCUT2D eigenvalue weighted by molar-refractivity contribution is 9.10. The van der Waals surface area contributed by atoms with Crippen molar-refractivity contribution in [3.63, 3.8) is 0 Å². The Bertz CT molecular complexity index is 770. The Morgan fingerprint density at radius 2 is 1.83 bits per heavy atom. The molecule has 1 amide bonds. The van der Waals surface area contributed by atoms with Crippen LogP contribution in [0.15, 0.2) is 28.1 Å². The molecule has 1 saturated heterocycles. The molecule has 29 heavy (non-hydrogen) atoms. The maximum atomic E-state index is 12.1. The fourth-order valence-corrected chi connectivity index (χ4v) is 3.08. The van der Waals surface area contributed by atoms with E-state index >= 15 is 0 Å². The van der Waals surface area contributed by atoms with E-state index in [4.69, 9.17) is 14.0 Å². The minimum atomic E-state index is -0.615. The summed E-state index contributed by atoms with van der Waals surface area (Å²) < 4.78 is 18.5. The van der Waals surface area contributed by atoms with Crippen LogP contribution in [0.4, 0.5) is 4.79 Å². The van der Waals surface area contributed by atoms with Gasteiger partial charge in [0.2, 0.25) is 0 Å². The number of hydrogen-bond acceptors (Lipinski definition) is 5. The molecule has 0 bridgehead atoms. The molecule has 0 spiro atoms. The number of alkyl carbamates (subject to hydrolysis) is 1. The van der Waals surface area contributed by atoms with Crippen LogP contribution in [0, 0.1) is 0 Å². The van der Waals surface area contributed by atoms with Gasteiger partial charge in [0.25, 0.3) is 0 Å². The molecule has 1 fully saturated rings.